The van der Waals surface area contributed by atoms with Gasteiger partial charge in [0.2, 0.25) is 11.8 Å². The summed E-state index contributed by atoms with van der Waals surface area (Å²) in [5.74, 6) is 0.729. The van der Waals surface area contributed by atoms with Crippen LogP contribution in [0, 0.1) is 0 Å². The zero-order chi connectivity index (χ0) is 16.9. The monoisotopic (exact) mass is 346 g/mol. The first-order chi connectivity index (χ1) is 11.6. The maximum Gasteiger partial charge on any atom is 0.232 e. The SMILES string of the molecule is CC(=O)N[C@@H]1CCCN(C(=O)CS[C@H]2CCCc3ccccc32)C1. The number of hydrogen-bond acceptors (Lipinski definition) is 3. The van der Waals surface area contributed by atoms with Gasteiger partial charge in [-0.2, -0.15) is 0 Å². The summed E-state index contributed by atoms with van der Waals surface area (Å²) in [5.41, 5.74) is 2.86. The van der Waals surface area contributed by atoms with Crippen LogP contribution in [0.25, 0.3) is 0 Å². The Balaban J connectivity index is 1.53. The number of benzene rings is 1. The zero-order valence-electron chi connectivity index (χ0n) is 14.3. The lowest BCUT2D eigenvalue weighted by molar-refractivity contribution is -0.130. The van der Waals surface area contributed by atoms with Crippen molar-refractivity contribution >= 4 is 23.6 Å². The Morgan fingerprint density at radius 2 is 2.08 bits per heavy atom. The lowest BCUT2D eigenvalue weighted by Gasteiger charge is -2.33. The number of thioether (sulfide) groups is 1. The van der Waals surface area contributed by atoms with Gasteiger partial charge in [-0.15, -0.1) is 11.8 Å². The van der Waals surface area contributed by atoms with Crippen molar-refractivity contribution in [3.05, 3.63) is 35.4 Å². The average Bonchev–Trinajstić information content (AvgIpc) is 2.59. The van der Waals surface area contributed by atoms with Crippen LogP contribution in [0.15, 0.2) is 24.3 Å². The lowest BCUT2D eigenvalue weighted by Crippen LogP contribution is -2.49. The summed E-state index contributed by atoms with van der Waals surface area (Å²) in [4.78, 5) is 25.7. The van der Waals surface area contributed by atoms with Crippen molar-refractivity contribution in [3.63, 3.8) is 0 Å². The minimum atomic E-state index is -0.0116. The number of nitrogens with zero attached hydrogens (tertiary/aromatic N) is 1. The minimum Gasteiger partial charge on any atom is -0.352 e. The summed E-state index contributed by atoms with van der Waals surface area (Å²) in [7, 11) is 0. The van der Waals surface area contributed by atoms with Crippen molar-refractivity contribution in [3.8, 4) is 0 Å². The van der Waals surface area contributed by atoms with Crippen molar-refractivity contribution in [2.45, 2.75) is 50.3 Å². The molecular weight excluding hydrogens is 320 g/mol. The fraction of sp³-hybridized carbons (Fsp3) is 0.579. The fourth-order valence-electron chi connectivity index (χ4n) is 3.75. The first-order valence-corrected chi connectivity index (χ1v) is 9.92. The van der Waals surface area contributed by atoms with E-state index in [0.717, 1.165) is 32.2 Å². The van der Waals surface area contributed by atoms with Crippen LogP contribution in [0.3, 0.4) is 0 Å². The normalized spacial score (nSPS) is 23.5. The van der Waals surface area contributed by atoms with E-state index >= 15 is 0 Å². The summed E-state index contributed by atoms with van der Waals surface area (Å²) < 4.78 is 0. The number of rotatable bonds is 4. The third-order valence-electron chi connectivity index (χ3n) is 4.90. The number of likely N-dealkylation sites (tertiary alicyclic amines) is 1. The molecule has 0 bridgehead atoms. The Labute approximate surface area is 148 Å². The van der Waals surface area contributed by atoms with Crippen LogP contribution in [0.2, 0.25) is 0 Å². The van der Waals surface area contributed by atoms with Gasteiger partial charge in [-0.3, -0.25) is 9.59 Å². The van der Waals surface area contributed by atoms with Gasteiger partial charge >= 0.3 is 0 Å². The quantitative estimate of drug-likeness (QED) is 0.912. The molecule has 1 fully saturated rings. The fourth-order valence-corrected chi connectivity index (χ4v) is 5.02. The molecule has 0 aromatic heterocycles. The molecule has 1 aliphatic heterocycles. The van der Waals surface area contributed by atoms with Gasteiger partial charge in [-0.1, -0.05) is 24.3 Å². The molecule has 2 aliphatic rings. The molecule has 130 valence electrons. The molecule has 1 aromatic carbocycles. The van der Waals surface area contributed by atoms with Gasteiger partial charge in [0, 0.05) is 31.3 Å². The number of carbonyl (C=O) groups excluding carboxylic acids is 2. The number of aryl methyl sites for hydroxylation is 1. The maximum absolute atomic E-state index is 12.6. The number of fused-ring (bicyclic) bond motifs is 1. The first kappa shape index (κ1) is 17.3. The molecule has 0 radical (unpaired) electrons. The molecule has 2 amide bonds. The van der Waals surface area contributed by atoms with Crippen LogP contribution < -0.4 is 5.32 Å². The zero-order valence-corrected chi connectivity index (χ0v) is 15.1. The first-order valence-electron chi connectivity index (χ1n) is 8.88. The van der Waals surface area contributed by atoms with Gasteiger partial charge < -0.3 is 10.2 Å². The molecule has 24 heavy (non-hydrogen) atoms. The van der Waals surface area contributed by atoms with E-state index in [9.17, 15) is 9.59 Å². The van der Waals surface area contributed by atoms with E-state index in [1.54, 1.807) is 11.8 Å². The Morgan fingerprint density at radius 3 is 2.92 bits per heavy atom. The van der Waals surface area contributed by atoms with Gasteiger partial charge in [0.15, 0.2) is 0 Å². The minimum absolute atomic E-state index is 0.0116. The summed E-state index contributed by atoms with van der Waals surface area (Å²) in [6, 6.07) is 8.74. The van der Waals surface area contributed by atoms with E-state index in [1.807, 2.05) is 4.90 Å². The van der Waals surface area contributed by atoms with E-state index in [1.165, 1.54) is 24.5 Å². The Bertz CT molecular complexity index is 605. The highest BCUT2D eigenvalue weighted by molar-refractivity contribution is 8.00. The predicted octanol–water partition coefficient (Wildman–Crippen LogP) is 2.92. The number of amides is 2. The smallest absolute Gasteiger partial charge is 0.232 e. The van der Waals surface area contributed by atoms with Crippen LogP contribution in [0.5, 0.6) is 0 Å². The van der Waals surface area contributed by atoms with Gasteiger partial charge in [0.05, 0.1) is 5.75 Å². The van der Waals surface area contributed by atoms with Crippen LogP contribution >= 0.6 is 11.8 Å². The summed E-state index contributed by atoms with van der Waals surface area (Å²) in [5, 5.41) is 3.39. The molecule has 3 rings (SSSR count). The number of hydrogen-bond donors (Lipinski definition) is 1. The topological polar surface area (TPSA) is 49.4 Å². The summed E-state index contributed by atoms with van der Waals surface area (Å²) in [6.07, 6.45) is 5.45. The highest BCUT2D eigenvalue weighted by Crippen LogP contribution is 2.39. The van der Waals surface area contributed by atoms with E-state index in [4.69, 9.17) is 0 Å². The average molecular weight is 346 g/mol. The Hall–Kier alpha value is -1.49. The van der Waals surface area contributed by atoms with Crippen LogP contribution in [0.4, 0.5) is 0 Å². The third kappa shape index (κ3) is 4.32. The molecular formula is C19H26N2O2S. The van der Waals surface area contributed by atoms with E-state index < -0.39 is 0 Å². The molecule has 0 unspecified atom stereocenters. The molecule has 1 saturated heterocycles. The van der Waals surface area contributed by atoms with Crippen molar-refractivity contribution < 1.29 is 9.59 Å². The lowest BCUT2D eigenvalue weighted by atomic mass is 9.91. The highest BCUT2D eigenvalue weighted by atomic mass is 32.2. The van der Waals surface area contributed by atoms with E-state index in [0.29, 0.717) is 17.5 Å². The van der Waals surface area contributed by atoms with Crippen molar-refractivity contribution in [2.24, 2.45) is 0 Å². The Morgan fingerprint density at radius 1 is 1.25 bits per heavy atom. The standard InChI is InChI=1S/C19H26N2O2S/c1-14(22)20-16-8-5-11-21(12-16)19(23)13-24-18-10-4-7-15-6-2-3-9-17(15)18/h2-3,6,9,16,18H,4-5,7-8,10-13H2,1H3,(H,20,22)/t16-,18+/m1/s1. The number of piperidine rings is 1. The van der Waals surface area contributed by atoms with Gasteiger partial charge in [0.1, 0.15) is 0 Å². The van der Waals surface area contributed by atoms with Crippen molar-refractivity contribution in [2.75, 3.05) is 18.8 Å². The second kappa shape index (κ2) is 8.06. The van der Waals surface area contributed by atoms with Gasteiger partial charge in [-0.05, 0) is 43.2 Å². The predicted molar refractivity (Wildman–Crippen MR) is 98.0 cm³/mol. The van der Waals surface area contributed by atoms with E-state index in [-0.39, 0.29) is 17.9 Å². The van der Waals surface area contributed by atoms with Crippen molar-refractivity contribution in [1.82, 2.24) is 10.2 Å². The summed E-state index contributed by atoms with van der Waals surface area (Å²) >= 11 is 1.78. The second-order valence-electron chi connectivity index (χ2n) is 6.77. The maximum atomic E-state index is 12.6. The van der Waals surface area contributed by atoms with Crippen LogP contribution in [0.1, 0.15) is 49.0 Å². The van der Waals surface area contributed by atoms with E-state index in [2.05, 4.69) is 29.6 Å². The summed E-state index contributed by atoms with van der Waals surface area (Å²) in [6.45, 7) is 3.01. The largest absolute Gasteiger partial charge is 0.352 e. The number of nitrogens with one attached hydrogen (secondary N) is 1. The second-order valence-corrected chi connectivity index (χ2v) is 7.96. The van der Waals surface area contributed by atoms with Gasteiger partial charge in [0.25, 0.3) is 0 Å². The highest BCUT2D eigenvalue weighted by Gasteiger charge is 2.26. The molecule has 4 nitrogen and oxygen atoms in total. The molecule has 0 saturated carbocycles. The molecule has 5 heteroatoms. The molecule has 1 N–H and O–H groups in total. The Kier molecular flexibility index (Phi) is 5.82. The molecule has 1 heterocycles. The molecule has 1 aromatic rings. The number of carbonyl (C=O) groups is 2. The molecule has 2 atom stereocenters. The third-order valence-corrected chi connectivity index (χ3v) is 6.21. The molecule has 1 aliphatic carbocycles. The van der Waals surface area contributed by atoms with Crippen molar-refractivity contribution in [1.29, 1.82) is 0 Å². The van der Waals surface area contributed by atoms with Gasteiger partial charge in [-0.25, -0.2) is 0 Å². The van der Waals surface area contributed by atoms with Crippen LogP contribution in [-0.4, -0.2) is 41.6 Å². The molecule has 0 spiro atoms. The van der Waals surface area contributed by atoms with Crippen LogP contribution in [-0.2, 0) is 16.0 Å².